The molecule has 6 rings (SSSR count). The van der Waals surface area contributed by atoms with Crippen LogP contribution in [0.4, 0.5) is 0 Å². The highest BCUT2D eigenvalue weighted by Gasteiger charge is 2.27. The first-order chi connectivity index (χ1) is 16.9. The van der Waals surface area contributed by atoms with Crippen molar-refractivity contribution < 1.29 is 4.74 Å². The maximum atomic E-state index is 13.6. The summed E-state index contributed by atoms with van der Waals surface area (Å²) < 4.78 is 11.7. The van der Waals surface area contributed by atoms with Gasteiger partial charge in [0.05, 0.1) is 48.4 Å². The van der Waals surface area contributed by atoms with Crippen molar-refractivity contribution in [3.8, 4) is 5.69 Å². The molecule has 10 heteroatoms. The van der Waals surface area contributed by atoms with E-state index in [4.69, 9.17) is 4.74 Å². The van der Waals surface area contributed by atoms with E-state index in [1.54, 1.807) is 0 Å². The summed E-state index contributed by atoms with van der Waals surface area (Å²) in [6.07, 6.45) is 0.702. The monoisotopic (exact) mass is 524 g/mol. The number of aryl methyl sites for hydroxylation is 2. The number of ether oxygens (including phenoxy) is 1. The highest BCUT2D eigenvalue weighted by atomic mass is 32.1. The number of aromatic nitrogens is 2. The summed E-state index contributed by atoms with van der Waals surface area (Å²) in [6.45, 7) is 6.79. The van der Waals surface area contributed by atoms with Crippen LogP contribution in [0.1, 0.15) is 25.0 Å². The van der Waals surface area contributed by atoms with Gasteiger partial charge in [-0.1, -0.05) is 25.1 Å². The molecule has 0 saturated heterocycles. The van der Waals surface area contributed by atoms with Crippen LogP contribution in [0, 0.1) is 6.92 Å². The summed E-state index contributed by atoms with van der Waals surface area (Å²) >= 11 is 3.88. The number of rotatable bonds is 6. The first-order valence-corrected chi connectivity index (χ1v) is 13.8. The Morgan fingerprint density at radius 2 is 1.40 bits per heavy atom. The second-order valence-electron chi connectivity index (χ2n) is 8.37. The fourth-order valence-electron chi connectivity index (χ4n) is 4.80. The standard InChI is InChI=1S/C25H20N2O5S3/c1-4-12-8-6-7-11(3)15(12)27-23(29)14-17-21(35-19(14)25(27)31)20-16(33-17)13-18(34-20)24(30)26(22(13)28)9-10-32-5-2/h6-8H,4-5,9-10H2,1-3H3. The molecule has 0 amide bonds. The lowest BCUT2D eigenvalue weighted by Crippen LogP contribution is -2.27. The number of thiophene rings is 3. The van der Waals surface area contributed by atoms with Crippen LogP contribution in [0.2, 0.25) is 0 Å². The van der Waals surface area contributed by atoms with E-state index in [1.165, 1.54) is 43.1 Å². The Kier molecular flexibility index (Phi) is 5.19. The molecule has 0 aliphatic carbocycles. The highest BCUT2D eigenvalue weighted by molar-refractivity contribution is 7.43. The van der Waals surface area contributed by atoms with E-state index in [-0.39, 0.29) is 28.8 Å². The summed E-state index contributed by atoms with van der Waals surface area (Å²) in [6, 6.07) is 5.78. The molecule has 0 N–H and O–H groups in total. The molecular formula is C25H20N2O5S3. The van der Waals surface area contributed by atoms with Crippen LogP contribution in [0.15, 0.2) is 37.4 Å². The molecule has 0 fully saturated rings. The number of fused-ring (bicyclic) bond motifs is 7. The SMILES string of the molecule is CCOCCn1c(=O)c2sc3c4sc5c(=O)n(-c6c(C)cccc6CC)c(=O)c5c4sc3c2c1=O. The first-order valence-electron chi connectivity index (χ1n) is 11.3. The Labute approximate surface area is 209 Å². The molecule has 0 bridgehead atoms. The van der Waals surface area contributed by atoms with Crippen LogP contribution in [-0.2, 0) is 17.7 Å². The number of benzene rings is 1. The zero-order chi connectivity index (χ0) is 24.6. The third-order valence-corrected chi connectivity index (χ3v) is 10.4. The molecule has 0 spiro atoms. The second-order valence-corrected chi connectivity index (χ2v) is 11.4. The van der Waals surface area contributed by atoms with Crippen LogP contribution in [0.3, 0.4) is 0 Å². The Balaban J connectivity index is 1.63. The average molecular weight is 525 g/mol. The van der Waals surface area contributed by atoms with E-state index >= 15 is 0 Å². The van der Waals surface area contributed by atoms with Crippen LogP contribution < -0.4 is 22.2 Å². The minimum absolute atomic E-state index is 0.210. The van der Waals surface area contributed by atoms with E-state index < -0.39 is 0 Å². The molecule has 0 aliphatic rings. The largest absolute Gasteiger partial charge is 0.380 e. The lowest BCUT2D eigenvalue weighted by atomic mass is 10.1. The Morgan fingerprint density at radius 3 is 2.06 bits per heavy atom. The fourth-order valence-corrected chi connectivity index (χ4v) is 9.14. The molecular weight excluding hydrogens is 504 g/mol. The Morgan fingerprint density at radius 1 is 0.771 bits per heavy atom. The zero-order valence-electron chi connectivity index (χ0n) is 19.2. The van der Waals surface area contributed by atoms with E-state index in [9.17, 15) is 19.2 Å². The Bertz CT molecular complexity index is 2010. The van der Waals surface area contributed by atoms with E-state index in [2.05, 4.69) is 0 Å². The molecule has 6 aromatic rings. The third kappa shape index (κ3) is 2.97. The van der Waals surface area contributed by atoms with Gasteiger partial charge < -0.3 is 4.74 Å². The quantitative estimate of drug-likeness (QED) is 0.303. The van der Waals surface area contributed by atoms with Gasteiger partial charge in [0.2, 0.25) is 0 Å². The number of hydrogen-bond donors (Lipinski definition) is 0. The average Bonchev–Trinajstić information content (AvgIpc) is 3.58. The lowest BCUT2D eigenvalue weighted by molar-refractivity contribution is 0.138. The van der Waals surface area contributed by atoms with Crippen molar-refractivity contribution in [1.29, 1.82) is 0 Å². The molecule has 0 radical (unpaired) electrons. The summed E-state index contributed by atoms with van der Waals surface area (Å²) in [5.74, 6) is 0. The van der Waals surface area contributed by atoms with Crippen molar-refractivity contribution in [2.45, 2.75) is 33.7 Å². The first kappa shape index (κ1) is 22.5. The zero-order valence-corrected chi connectivity index (χ0v) is 21.7. The molecule has 7 nitrogen and oxygen atoms in total. The smallest absolute Gasteiger partial charge is 0.276 e. The van der Waals surface area contributed by atoms with Gasteiger partial charge in [-0.15, -0.1) is 34.0 Å². The van der Waals surface area contributed by atoms with E-state index in [1.807, 2.05) is 39.0 Å². The molecule has 0 saturated carbocycles. The summed E-state index contributed by atoms with van der Waals surface area (Å²) in [5, 5.41) is 0.821. The lowest BCUT2D eigenvalue weighted by Gasteiger charge is -2.10. The van der Waals surface area contributed by atoms with Gasteiger partial charge >= 0.3 is 0 Å². The summed E-state index contributed by atoms with van der Waals surface area (Å²) in [5.41, 5.74) is 1.21. The molecule has 178 valence electrons. The van der Waals surface area contributed by atoms with Crippen molar-refractivity contribution in [3.63, 3.8) is 0 Å². The molecule has 1 aromatic carbocycles. The third-order valence-electron chi connectivity index (χ3n) is 6.44. The van der Waals surface area contributed by atoms with Crippen molar-refractivity contribution in [3.05, 3.63) is 70.7 Å². The van der Waals surface area contributed by atoms with E-state index in [0.717, 1.165) is 29.9 Å². The van der Waals surface area contributed by atoms with Crippen molar-refractivity contribution in [2.75, 3.05) is 13.2 Å². The van der Waals surface area contributed by atoms with Gasteiger partial charge in [-0.05, 0) is 31.4 Å². The summed E-state index contributed by atoms with van der Waals surface area (Å²) in [4.78, 5) is 53.1. The summed E-state index contributed by atoms with van der Waals surface area (Å²) in [7, 11) is 0. The number of para-hydroxylation sites is 1. The molecule has 35 heavy (non-hydrogen) atoms. The topological polar surface area (TPSA) is 87.4 Å². The Hall–Kier alpha value is -2.92. The minimum atomic E-state index is -0.327. The van der Waals surface area contributed by atoms with Crippen LogP contribution in [0.25, 0.3) is 44.7 Å². The number of nitrogens with zero attached hydrogens (tertiary/aromatic N) is 2. The maximum Gasteiger partial charge on any atom is 0.276 e. The van der Waals surface area contributed by atoms with Crippen LogP contribution >= 0.6 is 34.0 Å². The van der Waals surface area contributed by atoms with Crippen LogP contribution in [-0.4, -0.2) is 22.3 Å². The van der Waals surface area contributed by atoms with Gasteiger partial charge in [0, 0.05) is 6.61 Å². The van der Waals surface area contributed by atoms with Gasteiger partial charge in [-0.2, -0.15) is 0 Å². The van der Waals surface area contributed by atoms with Crippen molar-refractivity contribution in [2.24, 2.45) is 0 Å². The molecule has 0 unspecified atom stereocenters. The minimum Gasteiger partial charge on any atom is -0.380 e. The van der Waals surface area contributed by atoms with Gasteiger partial charge in [0.15, 0.2) is 0 Å². The normalized spacial score (nSPS) is 12.3. The van der Waals surface area contributed by atoms with Crippen molar-refractivity contribution >= 4 is 73.0 Å². The van der Waals surface area contributed by atoms with Gasteiger partial charge in [0.25, 0.3) is 22.2 Å². The molecule has 0 atom stereocenters. The molecule has 5 aromatic heterocycles. The second kappa shape index (κ2) is 8.06. The predicted molar refractivity (Wildman–Crippen MR) is 145 cm³/mol. The van der Waals surface area contributed by atoms with Crippen LogP contribution in [0.5, 0.6) is 0 Å². The highest BCUT2D eigenvalue weighted by Crippen LogP contribution is 2.47. The van der Waals surface area contributed by atoms with Gasteiger partial charge in [0.1, 0.15) is 9.40 Å². The molecule has 0 aliphatic heterocycles. The molecule has 5 heterocycles. The van der Waals surface area contributed by atoms with Gasteiger partial charge in [-0.25, -0.2) is 4.57 Å². The maximum absolute atomic E-state index is 13.6. The van der Waals surface area contributed by atoms with E-state index in [0.29, 0.717) is 45.5 Å². The van der Waals surface area contributed by atoms with Gasteiger partial charge in [-0.3, -0.25) is 23.7 Å². The fraction of sp³-hybridized carbons (Fsp3) is 0.280. The number of hydrogen-bond acceptors (Lipinski definition) is 8. The van der Waals surface area contributed by atoms with Crippen molar-refractivity contribution in [1.82, 2.24) is 9.13 Å². The predicted octanol–water partition coefficient (Wildman–Crippen LogP) is 4.30.